The first-order valence-corrected chi connectivity index (χ1v) is 16.6. The smallest absolute Gasteiger partial charge is 0.159 e. The molecule has 0 N–H and O–H groups in total. The van der Waals surface area contributed by atoms with Crippen molar-refractivity contribution < 1.29 is 4.42 Å². The van der Waals surface area contributed by atoms with Crippen LogP contribution < -0.4 is 4.90 Å². The van der Waals surface area contributed by atoms with Crippen LogP contribution in [0.25, 0.3) is 60.6 Å². The number of para-hydroxylation sites is 4. The van der Waals surface area contributed by atoms with E-state index in [9.17, 15) is 0 Å². The number of anilines is 3. The fraction of sp³-hybridized carbons (Fsp3) is 0.0455. The lowest BCUT2D eigenvalue weighted by molar-refractivity contribution is 0.606. The van der Waals surface area contributed by atoms with Crippen LogP contribution in [0, 0.1) is 5.92 Å². The number of fused-ring (bicyclic) bond motifs is 7. The van der Waals surface area contributed by atoms with Crippen LogP contribution in [0.2, 0.25) is 0 Å². The van der Waals surface area contributed by atoms with Crippen molar-refractivity contribution in [1.82, 2.24) is 4.57 Å². The van der Waals surface area contributed by atoms with E-state index in [1.165, 1.54) is 21.9 Å². The third kappa shape index (κ3) is 4.47. The van der Waals surface area contributed by atoms with Gasteiger partial charge in [-0.15, -0.1) is 0 Å². The van der Waals surface area contributed by atoms with Gasteiger partial charge in [-0.2, -0.15) is 0 Å². The highest BCUT2D eigenvalue weighted by atomic mass is 16.3. The van der Waals surface area contributed by atoms with Gasteiger partial charge in [0, 0.05) is 51.3 Å². The molecule has 49 heavy (non-hydrogen) atoms. The maximum Gasteiger partial charge on any atom is 0.159 e. The Bertz CT molecular complexity index is 2670. The first-order valence-electron chi connectivity index (χ1n) is 16.6. The third-order valence-corrected chi connectivity index (χ3v) is 9.75. The summed E-state index contributed by atoms with van der Waals surface area (Å²) in [4.78, 5) is 11.6. The van der Waals surface area contributed by atoms with Gasteiger partial charge in [-0.3, -0.25) is 9.98 Å². The van der Waals surface area contributed by atoms with E-state index in [-0.39, 0.29) is 12.1 Å². The van der Waals surface area contributed by atoms with Crippen molar-refractivity contribution in [3.63, 3.8) is 0 Å². The Morgan fingerprint density at radius 3 is 2.22 bits per heavy atom. The summed E-state index contributed by atoms with van der Waals surface area (Å²) in [6.45, 7) is 0. The molecule has 10 rings (SSSR count). The maximum absolute atomic E-state index is 6.48. The van der Waals surface area contributed by atoms with Crippen LogP contribution in [0.5, 0.6) is 0 Å². The third-order valence-electron chi connectivity index (χ3n) is 9.75. The van der Waals surface area contributed by atoms with E-state index < -0.39 is 0 Å². The molecule has 232 valence electrons. The summed E-state index contributed by atoms with van der Waals surface area (Å²) in [5.74, 6) is 0.160. The summed E-state index contributed by atoms with van der Waals surface area (Å²) in [6.07, 6.45) is 10.2. The molecule has 2 aliphatic rings. The molecule has 0 bridgehead atoms. The Morgan fingerprint density at radius 1 is 0.592 bits per heavy atom. The van der Waals surface area contributed by atoms with Gasteiger partial charge in [0.25, 0.3) is 0 Å². The molecular formula is C44H30N4O. The first-order chi connectivity index (χ1) is 24.3. The normalized spacial score (nSPS) is 16.9. The number of nitrogens with zero attached hydrogens (tertiary/aromatic N) is 4. The zero-order valence-corrected chi connectivity index (χ0v) is 26.5. The highest BCUT2D eigenvalue weighted by Gasteiger charge is 2.23. The van der Waals surface area contributed by atoms with E-state index in [0.29, 0.717) is 0 Å². The summed E-state index contributed by atoms with van der Waals surface area (Å²) in [7, 11) is 0. The highest BCUT2D eigenvalue weighted by molar-refractivity contribution is 6.16. The zero-order valence-electron chi connectivity index (χ0n) is 26.5. The van der Waals surface area contributed by atoms with Crippen molar-refractivity contribution in [2.45, 2.75) is 6.17 Å². The van der Waals surface area contributed by atoms with Gasteiger partial charge in [0.2, 0.25) is 0 Å². The minimum absolute atomic E-state index is 0.0686. The Hall–Kier alpha value is -6.46. The van der Waals surface area contributed by atoms with Gasteiger partial charge in [-0.25, -0.2) is 0 Å². The predicted octanol–water partition coefficient (Wildman–Crippen LogP) is 11.3. The van der Waals surface area contributed by atoms with Gasteiger partial charge in [0.05, 0.1) is 22.4 Å². The van der Waals surface area contributed by atoms with Gasteiger partial charge in [0.15, 0.2) is 5.58 Å². The molecule has 5 nitrogen and oxygen atoms in total. The average Bonchev–Trinajstić information content (AvgIpc) is 3.72. The van der Waals surface area contributed by atoms with E-state index in [2.05, 4.69) is 154 Å². The predicted molar refractivity (Wildman–Crippen MR) is 205 cm³/mol. The summed E-state index contributed by atoms with van der Waals surface area (Å²) >= 11 is 0. The standard InChI is InChI=1S/C44H30N4O/c1-2-11-32(12-3-1)47(41-17-8-15-37-36-14-5-7-18-42(36)49-43(37)41)33-22-19-29(20-23-33)30-21-24-40-38(27-30)35-13-4-6-16-39(35)48(40)34-26-31-10-9-25-45-44(31)46-28-34/h1-28,31,44H. The Labute approximate surface area is 283 Å². The van der Waals surface area contributed by atoms with Crippen LogP contribution >= 0.6 is 0 Å². The molecule has 0 aliphatic carbocycles. The Balaban J connectivity index is 1.07. The molecule has 0 amide bonds. The Morgan fingerprint density at radius 2 is 1.33 bits per heavy atom. The molecule has 0 fully saturated rings. The summed E-state index contributed by atoms with van der Waals surface area (Å²) < 4.78 is 8.82. The molecule has 2 aromatic heterocycles. The van der Waals surface area contributed by atoms with E-state index >= 15 is 0 Å². The Kier molecular flexibility index (Phi) is 6.24. The lowest BCUT2D eigenvalue weighted by Gasteiger charge is -2.25. The van der Waals surface area contributed by atoms with E-state index in [1.54, 1.807) is 0 Å². The molecule has 2 aliphatic heterocycles. The van der Waals surface area contributed by atoms with Crippen molar-refractivity contribution in [3.05, 3.63) is 158 Å². The van der Waals surface area contributed by atoms with Crippen LogP contribution in [0.1, 0.15) is 0 Å². The van der Waals surface area contributed by atoms with Gasteiger partial charge < -0.3 is 13.9 Å². The summed E-state index contributed by atoms with van der Waals surface area (Å²) in [5, 5.41) is 4.67. The van der Waals surface area contributed by atoms with Crippen molar-refractivity contribution in [3.8, 4) is 11.1 Å². The quantitative estimate of drug-likeness (QED) is 0.190. The topological polar surface area (TPSA) is 46.0 Å². The lowest BCUT2D eigenvalue weighted by atomic mass is 10.0. The van der Waals surface area contributed by atoms with Crippen LogP contribution in [0.4, 0.5) is 17.1 Å². The van der Waals surface area contributed by atoms with E-state index in [4.69, 9.17) is 9.41 Å². The van der Waals surface area contributed by atoms with Crippen LogP contribution in [0.15, 0.2) is 172 Å². The van der Waals surface area contributed by atoms with Gasteiger partial charge in [0.1, 0.15) is 11.7 Å². The number of allylic oxidation sites excluding steroid dienone is 2. The van der Waals surface area contributed by atoms with Crippen LogP contribution in [-0.2, 0) is 0 Å². The van der Waals surface area contributed by atoms with Gasteiger partial charge >= 0.3 is 0 Å². The fourth-order valence-electron chi connectivity index (χ4n) is 7.47. The molecule has 0 spiro atoms. The molecule has 5 heteroatoms. The van der Waals surface area contributed by atoms with Crippen molar-refractivity contribution in [1.29, 1.82) is 0 Å². The number of rotatable bonds is 5. The maximum atomic E-state index is 6.48. The minimum Gasteiger partial charge on any atom is -0.454 e. The fourth-order valence-corrected chi connectivity index (χ4v) is 7.47. The van der Waals surface area contributed by atoms with Crippen LogP contribution in [0.3, 0.4) is 0 Å². The SMILES string of the molecule is C1=CC2C=C(n3c4ccccc4c4cc(-c5ccc(N(c6ccccc6)c6cccc7c6oc6ccccc67)cc5)ccc43)C=NC2N=C1. The van der Waals surface area contributed by atoms with Crippen LogP contribution in [-0.4, -0.2) is 23.2 Å². The van der Waals surface area contributed by atoms with Gasteiger partial charge in [-0.1, -0.05) is 91.0 Å². The molecule has 6 aromatic carbocycles. The molecule has 0 saturated carbocycles. The number of furan rings is 1. The molecular weight excluding hydrogens is 601 g/mol. The van der Waals surface area contributed by atoms with Crippen molar-refractivity contribution in [2.75, 3.05) is 4.90 Å². The molecule has 2 unspecified atom stereocenters. The second kappa shape index (κ2) is 11.1. The zero-order chi connectivity index (χ0) is 32.3. The summed E-state index contributed by atoms with van der Waals surface area (Å²) in [6, 6.07) is 49.4. The average molecular weight is 631 g/mol. The monoisotopic (exact) mass is 630 g/mol. The number of aromatic nitrogens is 1. The number of benzene rings is 6. The summed E-state index contributed by atoms with van der Waals surface area (Å²) in [5.41, 5.74) is 10.6. The molecule has 8 aromatic rings. The number of hydrogen-bond acceptors (Lipinski definition) is 4. The molecule has 2 atom stereocenters. The van der Waals surface area contributed by atoms with Crippen molar-refractivity contribution >= 4 is 78.9 Å². The lowest BCUT2D eigenvalue weighted by Crippen LogP contribution is -2.20. The van der Waals surface area contributed by atoms with Crippen molar-refractivity contribution in [2.24, 2.45) is 15.9 Å². The minimum atomic E-state index is -0.0686. The second-order valence-electron chi connectivity index (χ2n) is 12.6. The molecule has 0 radical (unpaired) electrons. The number of aliphatic imine (C=N–C) groups is 2. The molecule has 4 heterocycles. The van der Waals surface area contributed by atoms with Gasteiger partial charge in [-0.05, 0) is 77.9 Å². The highest BCUT2D eigenvalue weighted by Crippen LogP contribution is 2.43. The van der Waals surface area contributed by atoms with E-state index in [0.717, 1.165) is 55.8 Å². The molecule has 0 saturated heterocycles. The largest absolute Gasteiger partial charge is 0.454 e. The second-order valence-corrected chi connectivity index (χ2v) is 12.6. The number of hydrogen-bond donors (Lipinski definition) is 0. The first kappa shape index (κ1) is 27.6. The van der Waals surface area contributed by atoms with E-state index in [1.807, 2.05) is 30.6 Å². The number of dihydropyridines is 2.